The van der Waals surface area contributed by atoms with Gasteiger partial charge in [-0.3, -0.25) is 10.4 Å². The Hall–Kier alpha value is -3.62. The van der Waals surface area contributed by atoms with Crippen LogP contribution >= 0.6 is 0 Å². The number of aromatic nitrogens is 3. The summed E-state index contributed by atoms with van der Waals surface area (Å²) in [5.74, 6) is 1.13. The minimum atomic E-state index is -0.320. The van der Waals surface area contributed by atoms with Crippen molar-refractivity contribution < 1.29 is 9.63 Å². The van der Waals surface area contributed by atoms with E-state index in [1.54, 1.807) is 12.3 Å². The molecule has 9 nitrogen and oxygen atoms in total. The third-order valence-electron chi connectivity index (χ3n) is 4.71. The van der Waals surface area contributed by atoms with E-state index in [-0.39, 0.29) is 18.2 Å². The number of rotatable bonds is 6. The molecule has 2 aromatic heterocycles. The molecule has 1 aliphatic heterocycles. The number of carbonyl (C=O) groups is 1. The van der Waals surface area contributed by atoms with Crippen LogP contribution < -0.4 is 16.0 Å². The number of benzene rings is 1. The van der Waals surface area contributed by atoms with E-state index in [4.69, 9.17) is 4.84 Å². The summed E-state index contributed by atoms with van der Waals surface area (Å²) < 4.78 is 0. The van der Waals surface area contributed by atoms with Gasteiger partial charge in [0.05, 0.1) is 29.2 Å². The molecule has 9 heteroatoms. The summed E-state index contributed by atoms with van der Waals surface area (Å²) in [6.07, 6.45) is 2.48. The number of urea groups is 1. The lowest BCUT2D eigenvalue weighted by Gasteiger charge is -2.14. The summed E-state index contributed by atoms with van der Waals surface area (Å²) in [5.41, 5.74) is 2.79. The van der Waals surface area contributed by atoms with Gasteiger partial charge in [0.15, 0.2) is 5.82 Å². The van der Waals surface area contributed by atoms with Gasteiger partial charge in [0.2, 0.25) is 0 Å². The van der Waals surface area contributed by atoms with E-state index in [1.165, 1.54) is 0 Å². The van der Waals surface area contributed by atoms with Gasteiger partial charge in [-0.2, -0.15) is 5.10 Å². The fourth-order valence-electron chi connectivity index (χ4n) is 3.18. The summed E-state index contributed by atoms with van der Waals surface area (Å²) in [6.45, 7) is 4.47. The fourth-order valence-corrected chi connectivity index (χ4v) is 3.18. The zero-order valence-corrected chi connectivity index (χ0v) is 16.3. The van der Waals surface area contributed by atoms with Crippen molar-refractivity contribution in [3.63, 3.8) is 0 Å². The van der Waals surface area contributed by atoms with Crippen LogP contribution in [0.1, 0.15) is 31.9 Å². The lowest BCUT2D eigenvalue weighted by Crippen LogP contribution is -2.31. The van der Waals surface area contributed by atoms with Gasteiger partial charge < -0.3 is 15.5 Å². The van der Waals surface area contributed by atoms with Crippen molar-refractivity contribution in [1.82, 2.24) is 20.5 Å². The summed E-state index contributed by atoms with van der Waals surface area (Å²) in [6, 6.07) is 11.1. The maximum atomic E-state index is 12.3. The van der Waals surface area contributed by atoms with E-state index >= 15 is 0 Å². The normalized spacial score (nSPS) is 16.8. The first-order valence-electron chi connectivity index (χ1n) is 9.48. The second-order valence-corrected chi connectivity index (χ2v) is 7.06. The van der Waals surface area contributed by atoms with E-state index in [9.17, 15) is 4.79 Å². The zero-order valence-electron chi connectivity index (χ0n) is 16.3. The number of anilines is 2. The van der Waals surface area contributed by atoms with Crippen LogP contribution in [0, 0.1) is 0 Å². The Morgan fingerprint density at radius 1 is 1.34 bits per heavy atom. The van der Waals surface area contributed by atoms with Crippen LogP contribution in [0.15, 0.2) is 47.8 Å². The first kappa shape index (κ1) is 18.7. The molecular weight excluding hydrogens is 370 g/mol. The van der Waals surface area contributed by atoms with Crippen LogP contribution in [-0.4, -0.2) is 39.6 Å². The minimum Gasteiger partial charge on any atom is -0.390 e. The number of oxime groups is 1. The number of carbonyl (C=O) groups excluding carboxylic acids is 1. The van der Waals surface area contributed by atoms with E-state index in [0.29, 0.717) is 18.2 Å². The molecule has 3 aromatic rings. The molecule has 0 spiro atoms. The Morgan fingerprint density at radius 3 is 2.93 bits per heavy atom. The molecule has 3 heterocycles. The number of aromatic amines is 1. The average Bonchev–Trinajstić information content (AvgIpc) is 3.32. The molecule has 2 unspecified atom stereocenters. The predicted molar refractivity (Wildman–Crippen MR) is 112 cm³/mol. The molecule has 4 N–H and O–H groups in total. The van der Waals surface area contributed by atoms with E-state index in [1.807, 2.05) is 44.2 Å². The molecule has 2 amide bonds. The molecule has 0 aliphatic carbocycles. The first-order valence-corrected chi connectivity index (χ1v) is 9.48. The highest BCUT2D eigenvalue weighted by molar-refractivity contribution is 5.94. The quantitative estimate of drug-likeness (QED) is 0.512. The van der Waals surface area contributed by atoms with Crippen molar-refractivity contribution in [2.24, 2.45) is 5.16 Å². The lowest BCUT2D eigenvalue weighted by atomic mass is 10.1. The average molecular weight is 393 g/mol. The van der Waals surface area contributed by atoms with Gasteiger partial charge in [-0.25, -0.2) is 9.78 Å². The molecule has 0 fully saturated rings. The Bertz CT molecular complexity index is 1030. The molecular formula is C20H23N7O2. The molecule has 0 saturated carbocycles. The Labute approximate surface area is 167 Å². The summed E-state index contributed by atoms with van der Waals surface area (Å²) >= 11 is 0. The molecule has 0 radical (unpaired) electrons. The third-order valence-corrected chi connectivity index (χ3v) is 4.71. The van der Waals surface area contributed by atoms with Crippen LogP contribution in [0.2, 0.25) is 0 Å². The second-order valence-electron chi connectivity index (χ2n) is 7.06. The molecule has 0 saturated heterocycles. The van der Waals surface area contributed by atoms with Crippen LogP contribution in [0.4, 0.5) is 16.4 Å². The number of fused-ring (bicyclic) bond motifs is 1. The molecule has 29 heavy (non-hydrogen) atoms. The van der Waals surface area contributed by atoms with E-state index in [2.05, 4.69) is 36.3 Å². The number of nitrogens with one attached hydrogen (secondary N) is 4. The molecule has 1 aromatic carbocycles. The van der Waals surface area contributed by atoms with Gasteiger partial charge in [0, 0.05) is 18.7 Å². The van der Waals surface area contributed by atoms with E-state index < -0.39 is 0 Å². The fraction of sp³-hybridized carbons (Fsp3) is 0.300. The largest absolute Gasteiger partial charge is 0.390 e. The van der Waals surface area contributed by atoms with Gasteiger partial charge in [0.1, 0.15) is 11.9 Å². The third kappa shape index (κ3) is 4.45. The van der Waals surface area contributed by atoms with Crippen LogP contribution in [0.3, 0.4) is 0 Å². The second kappa shape index (κ2) is 8.17. The standard InChI is InChI=1S/C20H23N7O2/c1-12-8-15(29-27-12)10-22-19-16-11-21-18(9-17(16)25-26-19)24-20(28)23-13(2)14-6-4-3-5-7-14/h3-7,9,11,13,15H,8,10H2,1-2H3,(H2,22,25,26)(H2,21,23,24,28). The number of hydrogen-bond acceptors (Lipinski definition) is 6. The van der Waals surface area contributed by atoms with Crippen molar-refractivity contribution in [3.05, 3.63) is 48.2 Å². The van der Waals surface area contributed by atoms with Crippen LogP contribution in [-0.2, 0) is 4.84 Å². The Balaban J connectivity index is 1.36. The van der Waals surface area contributed by atoms with Gasteiger partial charge in [-0.05, 0) is 19.4 Å². The van der Waals surface area contributed by atoms with Crippen LogP contribution in [0.25, 0.3) is 10.9 Å². The summed E-state index contributed by atoms with van der Waals surface area (Å²) in [7, 11) is 0. The van der Waals surface area contributed by atoms with Gasteiger partial charge in [-0.15, -0.1) is 0 Å². The van der Waals surface area contributed by atoms with E-state index in [0.717, 1.165) is 28.6 Å². The SMILES string of the molecule is CC1=NOC(CNc2n[nH]c3cc(NC(=O)NC(C)c4ccccc4)ncc23)C1. The lowest BCUT2D eigenvalue weighted by molar-refractivity contribution is 0.0949. The Morgan fingerprint density at radius 2 is 2.17 bits per heavy atom. The molecule has 150 valence electrons. The maximum Gasteiger partial charge on any atom is 0.320 e. The highest BCUT2D eigenvalue weighted by Crippen LogP contribution is 2.22. The first-order chi connectivity index (χ1) is 14.1. The monoisotopic (exact) mass is 393 g/mol. The summed E-state index contributed by atoms with van der Waals surface area (Å²) in [4.78, 5) is 21.9. The highest BCUT2D eigenvalue weighted by Gasteiger charge is 2.19. The number of H-pyrrole nitrogens is 1. The number of nitrogens with zero attached hydrogens (tertiary/aromatic N) is 3. The van der Waals surface area contributed by atoms with Crippen LogP contribution in [0.5, 0.6) is 0 Å². The predicted octanol–water partition coefficient (Wildman–Crippen LogP) is 3.42. The number of hydrogen-bond donors (Lipinski definition) is 4. The number of pyridine rings is 1. The summed E-state index contributed by atoms with van der Waals surface area (Å²) in [5, 5.41) is 20.9. The zero-order chi connectivity index (χ0) is 20.2. The number of amides is 2. The van der Waals surface area contributed by atoms with Crippen molar-refractivity contribution in [2.75, 3.05) is 17.2 Å². The van der Waals surface area contributed by atoms with Crippen molar-refractivity contribution in [1.29, 1.82) is 0 Å². The molecule has 2 atom stereocenters. The molecule has 4 rings (SSSR count). The van der Waals surface area contributed by atoms with Gasteiger partial charge >= 0.3 is 6.03 Å². The van der Waals surface area contributed by atoms with Crippen molar-refractivity contribution in [2.45, 2.75) is 32.4 Å². The topological polar surface area (TPSA) is 116 Å². The van der Waals surface area contributed by atoms with Crippen molar-refractivity contribution >= 4 is 34.3 Å². The Kier molecular flexibility index (Phi) is 5.28. The van der Waals surface area contributed by atoms with Gasteiger partial charge in [0.25, 0.3) is 0 Å². The molecule has 0 bridgehead atoms. The van der Waals surface area contributed by atoms with Gasteiger partial charge in [-0.1, -0.05) is 35.5 Å². The van der Waals surface area contributed by atoms with Crippen molar-refractivity contribution in [3.8, 4) is 0 Å². The minimum absolute atomic E-state index is 0.00551. The highest BCUT2D eigenvalue weighted by atomic mass is 16.6. The molecule has 1 aliphatic rings. The smallest absolute Gasteiger partial charge is 0.320 e. The maximum absolute atomic E-state index is 12.3.